The van der Waals surface area contributed by atoms with E-state index in [1.54, 1.807) is 6.07 Å². The average molecular weight is 397 g/mol. The van der Waals surface area contributed by atoms with Crippen LogP contribution in [0.3, 0.4) is 0 Å². The van der Waals surface area contributed by atoms with Crippen LogP contribution >= 0.6 is 11.6 Å². The third kappa shape index (κ3) is 4.40. The summed E-state index contributed by atoms with van der Waals surface area (Å²) < 4.78 is 0. The Kier molecular flexibility index (Phi) is 6.11. The molecule has 1 saturated heterocycles. The lowest BCUT2D eigenvalue weighted by molar-refractivity contribution is -0.121. The largest absolute Gasteiger partial charge is 0.378 e. The Balaban J connectivity index is 1.60. The Morgan fingerprint density at radius 2 is 2.00 bits per heavy atom. The van der Waals surface area contributed by atoms with E-state index in [2.05, 4.69) is 23.2 Å². The molecule has 1 amide bonds. The van der Waals surface area contributed by atoms with Gasteiger partial charge in [-0.25, -0.2) is 0 Å². The van der Waals surface area contributed by atoms with Crippen LogP contribution in [0.2, 0.25) is 5.02 Å². The van der Waals surface area contributed by atoms with E-state index in [1.807, 2.05) is 55.4 Å². The first kappa shape index (κ1) is 20.0. The van der Waals surface area contributed by atoms with Crippen LogP contribution in [0.25, 0.3) is 0 Å². The average Bonchev–Trinajstić information content (AvgIpc) is 3.02. The molecule has 5 nitrogen and oxygen atoms in total. The summed E-state index contributed by atoms with van der Waals surface area (Å²) in [6, 6.07) is 15.9. The van der Waals surface area contributed by atoms with E-state index < -0.39 is 0 Å². The number of hydrogen-bond acceptors (Lipinski definition) is 4. The summed E-state index contributed by atoms with van der Waals surface area (Å²) in [5.74, 6) is 0.0363. The van der Waals surface area contributed by atoms with Crippen LogP contribution in [0.15, 0.2) is 42.5 Å². The zero-order chi connectivity index (χ0) is 20.3. The molecular weight excluding hydrogens is 372 g/mol. The Bertz CT molecular complexity index is 888. The molecule has 6 heteroatoms. The molecule has 0 radical (unpaired) electrons. The number of carbonyl (C=O) groups is 1. The molecule has 146 valence electrons. The van der Waals surface area contributed by atoms with Crippen molar-refractivity contribution >= 4 is 28.9 Å². The topological polar surface area (TPSA) is 59.4 Å². The Labute approximate surface area is 171 Å². The minimum Gasteiger partial charge on any atom is -0.378 e. The highest BCUT2D eigenvalue weighted by molar-refractivity contribution is 6.32. The van der Waals surface area contributed by atoms with Gasteiger partial charge in [0.25, 0.3) is 0 Å². The molecule has 2 aromatic carbocycles. The van der Waals surface area contributed by atoms with Crippen LogP contribution in [-0.4, -0.2) is 38.6 Å². The molecule has 0 bridgehead atoms. The normalized spacial score (nSPS) is 18.6. The predicted molar refractivity (Wildman–Crippen MR) is 114 cm³/mol. The maximum atomic E-state index is 12.5. The van der Waals surface area contributed by atoms with Crippen LogP contribution < -0.4 is 15.1 Å². The minimum atomic E-state index is 0.0363. The van der Waals surface area contributed by atoms with Gasteiger partial charge in [-0.1, -0.05) is 23.7 Å². The van der Waals surface area contributed by atoms with Crippen molar-refractivity contribution in [1.29, 1.82) is 5.26 Å². The van der Waals surface area contributed by atoms with Gasteiger partial charge in [0.2, 0.25) is 5.91 Å². The van der Waals surface area contributed by atoms with Crippen molar-refractivity contribution in [1.82, 2.24) is 5.32 Å². The molecule has 1 unspecified atom stereocenters. The molecule has 0 aliphatic carbocycles. The second-order valence-corrected chi connectivity index (χ2v) is 7.82. The van der Waals surface area contributed by atoms with Gasteiger partial charge in [0.1, 0.15) is 6.07 Å². The molecule has 1 fully saturated rings. The molecule has 1 aliphatic heterocycles. The maximum Gasteiger partial charge on any atom is 0.224 e. The highest BCUT2D eigenvalue weighted by Crippen LogP contribution is 2.29. The quantitative estimate of drug-likeness (QED) is 0.838. The SMILES string of the molecule is C[C@H]1C(NC(=O)Cc2ccc(N(C)C)cc2)CCN1c1ccc(C#N)c(Cl)c1. The third-order valence-electron chi connectivity index (χ3n) is 5.32. The van der Waals surface area contributed by atoms with Crippen molar-refractivity contribution in [2.45, 2.75) is 31.8 Å². The van der Waals surface area contributed by atoms with Crippen LogP contribution in [0, 0.1) is 11.3 Å². The van der Waals surface area contributed by atoms with Crippen molar-refractivity contribution in [2.75, 3.05) is 30.4 Å². The van der Waals surface area contributed by atoms with Gasteiger partial charge in [0, 0.05) is 38.1 Å². The number of anilines is 2. The van der Waals surface area contributed by atoms with Gasteiger partial charge in [-0.15, -0.1) is 0 Å². The van der Waals surface area contributed by atoms with E-state index in [-0.39, 0.29) is 18.0 Å². The second kappa shape index (κ2) is 8.53. The molecule has 1 heterocycles. The summed E-state index contributed by atoms with van der Waals surface area (Å²) in [5, 5.41) is 12.7. The molecule has 2 atom stereocenters. The molecule has 1 aliphatic rings. The van der Waals surface area contributed by atoms with E-state index in [0.717, 1.165) is 29.9 Å². The van der Waals surface area contributed by atoms with Crippen LogP contribution in [-0.2, 0) is 11.2 Å². The molecule has 0 spiro atoms. The predicted octanol–water partition coefficient (Wildman–Crippen LogP) is 3.60. The molecular formula is C22H25ClN4O. The van der Waals surface area contributed by atoms with Crippen LogP contribution in [0.5, 0.6) is 0 Å². The van der Waals surface area contributed by atoms with Crippen molar-refractivity contribution in [2.24, 2.45) is 0 Å². The number of hydrogen-bond donors (Lipinski definition) is 1. The minimum absolute atomic E-state index is 0.0363. The van der Waals surface area contributed by atoms with Gasteiger partial charge in [-0.05, 0) is 49.2 Å². The van der Waals surface area contributed by atoms with Gasteiger partial charge < -0.3 is 15.1 Å². The van der Waals surface area contributed by atoms with Crippen LogP contribution in [0.1, 0.15) is 24.5 Å². The first-order chi connectivity index (χ1) is 13.4. The highest BCUT2D eigenvalue weighted by Gasteiger charge is 2.32. The van der Waals surface area contributed by atoms with Gasteiger partial charge in [-0.3, -0.25) is 4.79 Å². The van der Waals surface area contributed by atoms with Gasteiger partial charge in [-0.2, -0.15) is 5.26 Å². The number of carbonyl (C=O) groups excluding carboxylic acids is 1. The van der Waals surface area contributed by atoms with E-state index in [0.29, 0.717) is 17.0 Å². The molecule has 0 aromatic heterocycles. The summed E-state index contributed by atoms with van der Waals surface area (Å²) >= 11 is 6.18. The summed E-state index contributed by atoms with van der Waals surface area (Å²) in [6.07, 6.45) is 1.25. The Morgan fingerprint density at radius 1 is 1.29 bits per heavy atom. The summed E-state index contributed by atoms with van der Waals surface area (Å²) in [5.41, 5.74) is 3.57. The number of benzene rings is 2. The monoisotopic (exact) mass is 396 g/mol. The number of halogens is 1. The molecule has 0 saturated carbocycles. The fourth-order valence-corrected chi connectivity index (χ4v) is 3.84. The first-order valence-electron chi connectivity index (χ1n) is 9.41. The van der Waals surface area contributed by atoms with E-state index in [9.17, 15) is 4.79 Å². The van der Waals surface area contributed by atoms with E-state index in [4.69, 9.17) is 16.9 Å². The lowest BCUT2D eigenvalue weighted by Crippen LogP contribution is -2.43. The second-order valence-electron chi connectivity index (χ2n) is 7.41. The maximum absolute atomic E-state index is 12.5. The highest BCUT2D eigenvalue weighted by atomic mass is 35.5. The van der Waals surface area contributed by atoms with Crippen molar-refractivity contribution in [3.63, 3.8) is 0 Å². The molecule has 1 N–H and O–H groups in total. The van der Waals surface area contributed by atoms with E-state index in [1.165, 1.54) is 0 Å². The standard InChI is InChI=1S/C22H25ClN4O/c1-15-21(10-11-27(15)19-9-6-17(14-24)20(23)13-19)25-22(28)12-16-4-7-18(8-5-16)26(2)3/h4-9,13,15,21H,10-12H2,1-3H3,(H,25,28)/t15-,21?/m0/s1. The van der Waals surface area contributed by atoms with Gasteiger partial charge >= 0.3 is 0 Å². The smallest absolute Gasteiger partial charge is 0.224 e. The summed E-state index contributed by atoms with van der Waals surface area (Å²) in [4.78, 5) is 16.8. The zero-order valence-corrected chi connectivity index (χ0v) is 17.2. The first-order valence-corrected chi connectivity index (χ1v) is 9.78. The lowest BCUT2D eigenvalue weighted by atomic mass is 10.1. The summed E-state index contributed by atoms with van der Waals surface area (Å²) in [6.45, 7) is 2.95. The van der Waals surface area contributed by atoms with Gasteiger partial charge in [0.15, 0.2) is 0 Å². The van der Waals surface area contributed by atoms with Crippen molar-refractivity contribution < 1.29 is 4.79 Å². The molecule has 2 aromatic rings. The number of rotatable bonds is 5. The lowest BCUT2D eigenvalue weighted by Gasteiger charge is -2.27. The number of nitriles is 1. The van der Waals surface area contributed by atoms with E-state index >= 15 is 0 Å². The van der Waals surface area contributed by atoms with Crippen molar-refractivity contribution in [3.05, 3.63) is 58.6 Å². The number of amides is 1. The number of nitrogens with one attached hydrogen (secondary N) is 1. The number of nitrogens with zero attached hydrogens (tertiary/aromatic N) is 3. The van der Waals surface area contributed by atoms with Gasteiger partial charge in [0.05, 0.1) is 23.0 Å². The summed E-state index contributed by atoms with van der Waals surface area (Å²) in [7, 11) is 3.99. The molecule has 28 heavy (non-hydrogen) atoms. The fraction of sp³-hybridized carbons (Fsp3) is 0.364. The Hall–Kier alpha value is -2.71. The Morgan fingerprint density at radius 3 is 2.61 bits per heavy atom. The zero-order valence-electron chi connectivity index (χ0n) is 16.4. The third-order valence-corrected chi connectivity index (χ3v) is 5.64. The molecule has 3 rings (SSSR count). The van der Waals surface area contributed by atoms with Crippen molar-refractivity contribution in [3.8, 4) is 6.07 Å². The van der Waals surface area contributed by atoms with Crippen LogP contribution in [0.4, 0.5) is 11.4 Å². The fourth-order valence-electron chi connectivity index (χ4n) is 3.63.